The summed E-state index contributed by atoms with van der Waals surface area (Å²) in [6.45, 7) is 9.70. The molecule has 0 saturated carbocycles. The van der Waals surface area contributed by atoms with Crippen LogP contribution in [0.25, 0.3) is 0 Å². The van der Waals surface area contributed by atoms with E-state index in [4.69, 9.17) is 16.3 Å². The predicted molar refractivity (Wildman–Crippen MR) is 78.3 cm³/mol. The summed E-state index contributed by atoms with van der Waals surface area (Å²) >= 11 is 5.82. The summed E-state index contributed by atoms with van der Waals surface area (Å²) in [4.78, 5) is 0. The molecule has 1 aromatic carbocycles. The number of nitrogens with one attached hydrogen (secondary N) is 1. The van der Waals surface area contributed by atoms with Crippen LogP contribution in [-0.2, 0) is 11.2 Å². The number of likely N-dealkylation sites (N-methyl/N-ethyl adjacent to an activating group) is 1. The molecular weight excluding hydrogens is 265 g/mol. The number of benzene rings is 1. The molecule has 1 N–H and O–H groups in total. The summed E-state index contributed by atoms with van der Waals surface area (Å²) in [6.07, 6.45) is 0.751. The number of rotatable bonds is 7. The third-order valence-corrected chi connectivity index (χ3v) is 3.52. The van der Waals surface area contributed by atoms with Gasteiger partial charge >= 0.3 is 0 Å². The molecule has 0 aliphatic heterocycles. The molecule has 0 aromatic heterocycles. The molecule has 1 unspecified atom stereocenters. The molecule has 2 nitrogen and oxygen atoms in total. The summed E-state index contributed by atoms with van der Waals surface area (Å²) < 4.78 is 19.0. The zero-order chi connectivity index (χ0) is 14.5. The van der Waals surface area contributed by atoms with Crippen molar-refractivity contribution in [3.05, 3.63) is 34.6 Å². The second kappa shape index (κ2) is 7.22. The van der Waals surface area contributed by atoms with Crippen LogP contribution >= 0.6 is 11.6 Å². The second-order valence-corrected chi connectivity index (χ2v) is 5.51. The minimum absolute atomic E-state index is 0.152. The van der Waals surface area contributed by atoms with Gasteiger partial charge in [-0.25, -0.2) is 4.39 Å². The van der Waals surface area contributed by atoms with Crippen molar-refractivity contribution in [1.82, 2.24) is 5.32 Å². The van der Waals surface area contributed by atoms with Gasteiger partial charge in [0, 0.05) is 12.6 Å². The highest BCUT2D eigenvalue weighted by molar-refractivity contribution is 6.30. The highest BCUT2D eigenvalue weighted by atomic mass is 35.5. The highest BCUT2D eigenvalue weighted by Gasteiger charge is 2.29. The molecule has 0 amide bonds. The van der Waals surface area contributed by atoms with E-state index in [0.29, 0.717) is 6.61 Å². The van der Waals surface area contributed by atoms with Gasteiger partial charge in [-0.2, -0.15) is 0 Å². The molecule has 0 aliphatic carbocycles. The van der Waals surface area contributed by atoms with E-state index in [-0.39, 0.29) is 22.5 Å². The first-order valence-corrected chi connectivity index (χ1v) is 7.09. The van der Waals surface area contributed by atoms with Crippen LogP contribution in [0.15, 0.2) is 18.2 Å². The Morgan fingerprint density at radius 2 is 2.05 bits per heavy atom. The Labute approximate surface area is 120 Å². The molecule has 0 radical (unpaired) electrons. The number of ether oxygens (including phenoxy) is 1. The van der Waals surface area contributed by atoms with Crippen LogP contribution in [0.5, 0.6) is 0 Å². The molecule has 0 fully saturated rings. The Hall–Kier alpha value is -0.640. The first-order chi connectivity index (χ1) is 8.90. The average molecular weight is 288 g/mol. The fraction of sp³-hybridized carbons (Fsp3) is 0.600. The van der Waals surface area contributed by atoms with E-state index in [9.17, 15) is 4.39 Å². The summed E-state index contributed by atoms with van der Waals surface area (Å²) in [5.74, 6) is -0.380. The lowest BCUT2D eigenvalue weighted by Crippen LogP contribution is -2.50. The van der Waals surface area contributed by atoms with Crippen molar-refractivity contribution in [3.63, 3.8) is 0 Å². The van der Waals surface area contributed by atoms with Crippen LogP contribution < -0.4 is 5.32 Å². The molecule has 108 valence electrons. The van der Waals surface area contributed by atoms with Crippen LogP contribution in [0.1, 0.15) is 33.3 Å². The van der Waals surface area contributed by atoms with E-state index in [1.54, 1.807) is 12.1 Å². The number of hydrogen-bond donors (Lipinski definition) is 1. The minimum atomic E-state index is -0.380. The van der Waals surface area contributed by atoms with Gasteiger partial charge in [0.25, 0.3) is 0 Å². The van der Waals surface area contributed by atoms with Gasteiger partial charge in [0.1, 0.15) is 5.82 Å². The van der Waals surface area contributed by atoms with Gasteiger partial charge in [0.2, 0.25) is 0 Å². The van der Waals surface area contributed by atoms with Crippen LogP contribution in [0.4, 0.5) is 4.39 Å². The molecule has 0 heterocycles. The second-order valence-electron chi connectivity index (χ2n) is 5.10. The lowest BCUT2D eigenvalue weighted by Gasteiger charge is -2.35. The van der Waals surface area contributed by atoms with Crippen molar-refractivity contribution in [3.8, 4) is 0 Å². The standard InChI is InChI=1S/C15H23ClFNO/c1-5-18-14(15(3,4)19-6-2)10-11-7-8-13(17)12(16)9-11/h7-9,14,18H,5-6,10H2,1-4H3. The Bertz CT molecular complexity index is 409. The largest absolute Gasteiger partial charge is 0.374 e. The molecule has 4 heteroatoms. The lowest BCUT2D eigenvalue weighted by atomic mass is 9.92. The van der Waals surface area contributed by atoms with Gasteiger partial charge in [-0.3, -0.25) is 0 Å². The van der Waals surface area contributed by atoms with Crippen LogP contribution in [-0.4, -0.2) is 24.8 Å². The molecule has 1 rings (SSSR count). The van der Waals surface area contributed by atoms with Crippen molar-refractivity contribution in [2.45, 2.75) is 45.8 Å². The van der Waals surface area contributed by atoms with E-state index in [1.807, 2.05) is 6.92 Å². The quantitative estimate of drug-likeness (QED) is 0.823. The van der Waals surface area contributed by atoms with Gasteiger partial charge in [-0.15, -0.1) is 0 Å². The molecule has 1 aromatic rings. The third kappa shape index (κ3) is 4.75. The molecule has 0 saturated heterocycles. The zero-order valence-electron chi connectivity index (χ0n) is 12.1. The van der Waals surface area contributed by atoms with E-state index in [0.717, 1.165) is 18.5 Å². The SMILES string of the molecule is CCNC(Cc1ccc(F)c(Cl)c1)C(C)(C)OCC. The summed E-state index contributed by atoms with van der Waals surface area (Å²) in [7, 11) is 0. The van der Waals surface area contributed by atoms with Crippen molar-refractivity contribution in [2.75, 3.05) is 13.2 Å². The molecule has 19 heavy (non-hydrogen) atoms. The Balaban J connectivity index is 2.85. The third-order valence-electron chi connectivity index (χ3n) is 3.23. The number of halogens is 2. The lowest BCUT2D eigenvalue weighted by molar-refractivity contribution is -0.0376. The Morgan fingerprint density at radius 1 is 1.37 bits per heavy atom. The van der Waals surface area contributed by atoms with Crippen molar-refractivity contribution in [1.29, 1.82) is 0 Å². The number of hydrogen-bond acceptors (Lipinski definition) is 2. The molecule has 1 atom stereocenters. The monoisotopic (exact) mass is 287 g/mol. The maximum absolute atomic E-state index is 13.2. The van der Waals surface area contributed by atoms with E-state index >= 15 is 0 Å². The van der Waals surface area contributed by atoms with Gasteiger partial charge in [-0.05, 0) is 51.4 Å². The van der Waals surface area contributed by atoms with Crippen molar-refractivity contribution in [2.24, 2.45) is 0 Å². The van der Waals surface area contributed by atoms with Crippen molar-refractivity contribution < 1.29 is 9.13 Å². The van der Waals surface area contributed by atoms with Gasteiger partial charge in [-0.1, -0.05) is 24.6 Å². The van der Waals surface area contributed by atoms with E-state index in [2.05, 4.69) is 26.1 Å². The normalized spacial score (nSPS) is 13.6. The first kappa shape index (κ1) is 16.4. The highest BCUT2D eigenvalue weighted by Crippen LogP contribution is 2.22. The Kier molecular flexibility index (Phi) is 6.24. The zero-order valence-corrected chi connectivity index (χ0v) is 12.9. The van der Waals surface area contributed by atoms with Gasteiger partial charge in [0.15, 0.2) is 0 Å². The molecule has 0 spiro atoms. The Morgan fingerprint density at radius 3 is 2.58 bits per heavy atom. The predicted octanol–water partition coefficient (Wildman–Crippen LogP) is 3.81. The average Bonchev–Trinajstić information content (AvgIpc) is 2.33. The summed E-state index contributed by atoms with van der Waals surface area (Å²) in [5, 5.41) is 3.60. The van der Waals surface area contributed by atoms with Crippen molar-refractivity contribution >= 4 is 11.6 Å². The maximum atomic E-state index is 13.2. The minimum Gasteiger partial charge on any atom is -0.374 e. The molecule has 0 bridgehead atoms. The van der Waals surface area contributed by atoms with Crippen LogP contribution in [0, 0.1) is 5.82 Å². The fourth-order valence-corrected chi connectivity index (χ4v) is 2.39. The smallest absolute Gasteiger partial charge is 0.141 e. The topological polar surface area (TPSA) is 21.3 Å². The van der Waals surface area contributed by atoms with Crippen LogP contribution in [0.2, 0.25) is 5.02 Å². The molecular formula is C15H23ClFNO. The van der Waals surface area contributed by atoms with Gasteiger partial charge in [0.05, 0.1) is 10.6 Å². The molecule has 0 aliphatic rings. The van der Waals surface area contributed by atoms with E-state index in [1.165, 1.54) is 6.07 Å². The maximum Gasteiger partial charge on any atom is 0.141 e. The first-order valence-electron chi connectivity index (χ1n) is 6.72. The van der Waals surface area contributed by atoms with Gasteiger partial charge < -0.3 is 10.1 Å². The summed E-state index contributed by atoms with van der Waals surface area (Å²) in [6, 6.07) is 5.02. The van der Waals surface area contributed by atoms with E-state index < -0.39 is 0 Å². The fourth-order valence-electron chi connectivity index (χ4n) is 2.19. The summed E-state index contributed by atoms with van der Waals surface area (Å²) in [5.41, 5.74) is 0.719. The van der Waals surface area contributed by atoms with Crippen LogP contribution in [0.3, 0.4) is 0 Å².